The van der Waals surface area contributed by atoms with E-state index in [1.807, 2.05) is 0 Å². The molecule has 1 fully saturated rings. The Kier molecular flexibility index (Phi) is 6.08. The number of carbonyl (C=O) groups is 1. The van der Waals surface area contributed by atoms with E-state index in [0.717, 1.165) is 11.8 Å². The highest BCUT2D eigenvalue weighted by atomic mass is 32.2. The number of nitrogens with two attached hydrogens (primary N) is 1. The molecule has 0 aliphatic carbocycles. The van der Waals surface area contributed by atoms with Crippen molar-refractivity contribution in [3.8, 4) is 5.75 Å². The third-order valence-corrected chi connectivity index (χ3v) is 7.08. The Labute approximate surface area is 165 Å². The molecule has 1 aromatic carbocycles. The molecule has 2 aromatic rings. The Morgan fingerprint density at radius 1 is 1.43 bits per heavy atom. The predicted octanol–water partition coefficient (Wildman–Crippen LogP) is 0.448. The quantitative estimate of drug-likeness (QED) is 0.497. The van der Waals surface area contributed by atoms with Crippen molar-refractivity contribution in [1.29, 1.82) is 0 Å². The summed E-state index contributed by atoms with van der Waals surface area (Å²) >= 11 is 1.08. The molecule has 0 spiro atoms. The minimum atomic E-state index is -3.06. The number of amides is 1. The van der Waals surface area contributed by atoms with Gasteiger partial charge in [-0.2, -0.15) is 0 Å². The fourth-order valence-electron chi connectivity index (χ4n) is 2.72. The fraction of sp³-hybridized carbons (Fsp3) is 0.438. The van der Waals surface area contributed by atoms with Crippen molar-refractivity contribution in [3.63, 3.8) is 0 Å². The van der Waals surface area contributed by atoms with E-state index in [9.17, 15) is 17.6 Å². The summed E-state index contributed by atoms with van der Waals surface area (Å²) in [5.41, 5.74) is 0. The topological polar surface area (TPSA) is 120 Å². The first-order valence-electron chi connectivity index (χ1n) is 8.42. The summed E-state index contributed by atoms with van der Waals surface area (Å²) in [7, 11) is -1.47. The summed E-state index contributed by atoms with van der Waals surface area (Å²) in [6.45, 7) is -0.0845. The minimum absolute atomic E-state index is 0.00941. The number of carbonyl (C=O) groups excluding carboxylic acids is 1. The van der Waals surface area contributed by atoms with Crippen LogP contribution in [0.2, 0.25) is 0 Å². The Morgan fingerprint density at radius 2 is 2.18 bits per heavy atom. The molecule has 9 nitrogen and oxygen atoms in total. The predicted molar refractivity (Wildman–Crippen MR) is 101 cm³/mol. The van der Waals surface area contributed by atoms with Crippen LogP contribution in [0.5, 0.6) is 5.75 Å². The molecule has 152 valence electrons. The molecular weight excluding hydrogens is 409 g/mol. The first-order valence-corrected chi connectivity index (χ1v) is 11.2. The molecule has 1 aliphatic rings. The molecule has 1 amide bonds. The summed E-state index contributed by atoms with van der Waals surface area (Å²) in [6.07, 6.45) is 0.444. The zero-order valence-electron chi connectivity index (χ0n) is 15.1. The van der Waals surface area contributed by atoms with Crippen molar-refractivity contribution in [2.45, 2.75) is 24.2 Å². The summed E-state index contributed by atoms with van der Waals surface area (Å²) in [6, 6.07) is 5.65. The number of nitrogen functional groups attached to an aromatic ring is 1. The molecule has 0 bridgehead atoms. The molecule has 0 saturated carbocycles. The summed E-state index contributed by atoms with van der Waals surface area (Å²) < 4.78 is 43.2. The normalized spacial score (nSPS) is 18.1. The van der Waals surface area contributed by atoms with Crippen molar-refractivity contribution < 1.29 is 22.3 Å². The van der Waals surface area contributed by atoms with Gasteiger partial charge in [-0.25, -0.2) is 17.5 Å². The van der Waals surface area contributed by atoms with Gasteiger partial charge in [-0.15, -0.1) is 10.2 Å². The number of rotatable bonds is 7. The number of para-hydroxylation sites is 1. The van der Waals surface area contributed by atoms with E-state index >= 15 is 0 Å². The zero-order valence-corrected chi connectivity index (χ0v) is 16.7. The van der Waals surface area contributed by atoms with Gasteiger partial charge in [0.15, 0.2) is 27.2 Å². The SMILES string of the molecule is CN(C(=O)CSc1nnc(COc2ccccc2F)n1N)[C@@H]1CCS(=O)(=O)C1. The van der Waals surface area contributed by atoms with Gasteiger partial charge >= 0.3 is 0 Å². The Bertz CT molecular complexity index is 966. The highest BCUT2D eigenvalue weighted by Gasteiger charge is 2.32. The third-order valence-electron chi connectivity index (χ3n) is 4.40. The van der Waals surface area contributed by atoms with Crippen LogP contribution in [-0.4, -0.2) is 64.4 Å². The molecule has 1 saturated heterocycles. The first kappa shape index (κ1) is 20.4. The lowest BCUT2D eigenvalue weighted by atomic mass is 10.2. The molecule has 0 radical (unpaired) electrons. The molecule has 1 aliphatic heterocycles. The highest BCUT2D eigenvalue weighted by molar-refractivity contribution is 7.99. The molecule has 0 unspecified atom stereocenters. The van der Waals surface area contributed by atoms with Crippen molar-refractivity contribution in [3.05, 3.63) is 35.9 Å². The van der Waals surface area contributed by atoms with Crippen LogP contribution in [0, 0.1) is 5.82 Å². The van der Waals surface area contributed by atoms with E-state index in [2.05, 4.69) is 10.2 Å². The number of benzene rings is 1. The van der Waals surface area contributed by atoms with Gasteiger partial charge in [0.05, 0.1) is 17.3 Å². The maximum atomic E-state index is 13.6. The zero-order chi connectivity index (χ0) is 20.3. The van der Waals surface area contributed by atoms with E-state index in [1.54, 1.807) is 19.2 Å². The number of hydrogen-bond acceptors (Lipinski definition) is 8. The second-order valence-corrected chi connectivity index (χ2v) is 9.51. The number of thioether (sulfide) groups is 1. The average molecular weight is 429 g/mol. The van der Waals surface area contributed by atoms with Gasteiger partial charge in [-0.3, -0.25) is 4.79 Å². The van der Waals surface area contributed by atoms with Gasteiger partial charge < -0.3 is 15.5 Å². The standard InChI is InChI=1S/C16H20FN5O4S2/c1-21(11-6-7-28(24,25)10-11)15(23)9-27-16-20-19-14(22(16)18)8-26-13-5-3-2-4-12(13)17/h2-5,11H,6-10,18H2,1H3/t11-/m1/s1. The number of nitrogens with zero attached hydrogens (tertiary/aromatic N) is 4. The Hall–Kier alpha value is -2.34. The number of hydrogen-bond donors (Lipinski definition) is 1. The van der Waals surface area contributed by atoms with Crippen LogP contribution >= 0.6 is 11.8 Å². The molecule has 28 heavy (non-hydrogen) atoms. The summed E-state index contributed by atoms with van der Waals surface area (Å²) in [5, 5.41) is 8.11. The lowest BCUT2D eigenvalue weighted by molar-refractivity contribution is -0.128. The molecule has 1 atom stereocenters. The Balaban J connectivity index is 1.54. The second kappa shape index (κ2) is 8.35. The van der Waals surface area contributed by atoms with Crippen LogP contribution in [0.15, 0.2) is 29.4 Å². The van der Waals surface area contributed by atoms with E-state index in [0.29, 0.717) is 11.6 Å². The largest absolute Gasteiger partial charge is 0.482 e. The lowest BCUT2D eigenvalue weighted by Crippen LogP contribution is -2.38. The first-order chi connectivity index (χ1) is 13.3. The van der Waals surface area contributed by atoms with Crippen LogP contribution in [0.4, 0.5) is 4.39 Å². The molecule has 1 aromatic heterocycles. The van der Waals surface area contributed by atoms with E-state index in [-0.39, 0.29) is 47.4 Å². The van der Waals surface area contributed by atoms with Crippen molar-refractivity contribution in [2.24, 2.45) is 0 Å². The number of halogens is 1. The van der Waals surface area contributed by atoms with Gasteiger partial charge in [0, 0.05) is 13.1 Å². The van der Waals surface area contributed by atoms with Crippen LogP contribution in [-0.2, 0) is 21.2 Å². The number of ether oxygens (including phenoxy) is 1. The minimum Gasteiger partial charge on any atom is -0.482 e. The molecule has 3 rings (SSSR count). The monoisotopic (exact) mass is 429 g/mol. The van der Waals surface area contributed by atoms with Gasteiger partial charge in [-0.05, 0) is 18.6 Å². The third kappa shape index (κ3) is 4.73. The van der Waals surface area contributed by atoms with Gasteiger partial charge in [0.2, 0.25) is 11.1 Å². The number of sulfone groups is 1. The molecule has 2 heterocycles. The molecular formula is C16H20FN5O4S2. The summed E-state index contributed by atoms with van der Waals surface area (Å²) in [5.74, 6) is 5.67. The molecule has 2 N–H and O–H groups in total. The van der Waals surface area contributed by atoms with Crippen LogP contribution in [0.25, 0.3) is 0 Å². The lowest BCUT2D eigenvalue weighted by Gasteiger charge is -2.23. The van der Waals surface area contributed by atoms with E-state index in [1.165, 1.54) is 21.7 Å². The maximum absolute atomic E-state index is 13.6. The van der Waals surface area contributed by atoms with Crippen LogP contribution in [0.1, 0.15) is 12.2 Å². The second-order valence-electron chi connectivity index (χ2n) is 6.34. The van der Waals surface area contributed by atoms with Gasteiger partial charge in [-0.1, -0.05) is 23.9 Å². The van der Waals surface area contributed by atoms with Crippen LogP contribution in [0.3, 0.4) is 0 Å². The summed E-state index contributed by atoms with van der Waals surface area (Å²) in [4.78, 5) is 13.8. The fourth-order valence-corrected chi connectivity index (χ4v) is 5.29. The average Bonchev–Trinajstić information content (AvgIpc) is 3.20. The van der Waals surface area contributed by atoms with Crippen LogP contribution < -0.4 is 10.6 Å². The van der Waals surface area contributed by atoms with Crippen molar-refractivity contribution in [2.75, 3.05) is 30.1 Å². The number of aromatic nitrogens is 3. The Morgan fingerprint density at radius 3 is 2.86 bits per heavy atom. The maximum Gasteiger partial charge on any atom is 0.233 e. The smallest absolute Gasteiger partial charge is 0.233 e. The van der Waals surface area contributed by atoms with Crippen molar-refractivity contribution >= 4 is 27.5 Å². The van der Waals surface area contributed by atoms with E-state index in [4.69, 9.17) is 10.6 Å². The molecule has 12 heteroatoms. The van der Waals surface area contributed by atoms with E-state index < -0.39 is 15.7 Å². The van der Waals surface area contributed by atoms with Gasteiger partial charge in [0.25, 0.3) is 0 Å². The van der Waals surface area contributed by atoms with Crippen molar-refractivity contribution in [1.82, 2.24) is 19.8 Å². The highest BCUT2D eigenvalue weighted by Crippen LogP contribution is 2.21. The van der Waals surface area contributed by atoms with Gasteiger partial charge in [0.1, 0.15) is 6.61 Å².